The lowest BCUT2D eigenvalue weighted by atomic mass is 9.78. The van der Waals surface area contributed by atoms with Gasteiger partial charge in [0.05, 0.1) is 21.3 Å². The predicted octanol–water partition coefficient (Wildman–Crippen LogP) is 4.85. The average Bonchev–Trinajstić information content (AvgIpc) is 2.97. The van der Waals surface area contributed by atoms with Gasteiger partial charge in [0.15, 0.2) is 5.82 Å². The van der Waals surface area contributed by atoms with E-state index in [9.17, 15) is 4.39 Å². The quantitative estimate of drug-likeness (QED) is 0.755. The highest BCUT2D eigenvalue weighted by Gasteiger charge is 2.45. The van der Waals surface area contributed by atoms with Crippen molar-refractivity contribution in [1.29, 1.82) is 5.26 Å². The Labute approximate surface area is 127 Å². The van der Waals surface area contributed by atoms with E-state index in [0.29, 0.717) is 22.9 Å². The SMILES string of the molecule is CC1CC2CCCC1C2c1nc2c(F)cc(C#N)cc2s1. The van der Waals surface area contributed by atoms with Crippen molar-refractivity contribution < 1.29 is 4.39 Å². The van der Waals surface area contributed by atoms with Gasteiger partial charge >= 0.3 is 0 Å². The second-order valence-electron chi connectivity index (χ2n) is 6.56. The molecule has 4 unspecified atom stereocenters. The van der Waals surface area contributed by atoms with Crippen LogP contribution in [0.4, 0.5) is 4.39 Å². The molecule has 4 rings (SSSR count). The molecule has 2 bridgehead atoms. The van der Waals surface area contributed by atoms with Gasteiger partial charge in [-0.05, 0) is 49.1 Å². The molecule has 1 aromatic carbocycles. The standard InChI is InChI=1S/C17H17FN2S/c1-9-5-11-3-2-4-12(9)15(11)17-20-16-13(18)6-10(8-19)7-14(16)21-17/h6-7,9,11-12,15H,2-5H2,1H3. The summed E-state index contributed by atoms with van der Waals surface area (Å²) in [4.78, 5) is 4.62. The third-order valence-corrected chi connectivity index (χ3v) is 6.47. The number of rotatable bonds is 1. The normalized spacial score (nSPS) is 31.5. The third-order valence-electron chi connectivity index (χ3n) is 5.37. The Kier molecular flexibility index (Phi) is 3.00. The molecule has 0 aliphatic heterocycles. The molecule has 4 atom stereocenters. The van der Waals surface area contributed by atoms with Crippen LogP contribution in [0.5, 0.6) is 0 Å². The monoisotopic (exact) mass is 300 g/mol. The molecule has 1 heterocycles. The number of nitrogens with zero attached hydrogens (tertiary/aromatic N) is 2. The highest BCUT2D eigenvalue weighted by atomic mass is 32.1. The number of halogens is 1. The van der Waals surface area contributed by atoms with E-state index >= 15 is 0 Å². The molecule has 2 nitrogen and oxygen atoms in total. The van der Waals surface area contributed by atoms with Gasteiger partial charge in [0.25, 0.3) is 0 Å². The number of hydrogen-bond acceptors (Lipinski definition) is 3. The zero-order valence-corrected chi connectivity index (χ0v) is 12.8. The van der Waals surface area contributed by atoms with Crippen molar-refractivity contribution in [2.75, 3.05) is 0 Å². The third kappa shape index (κ3) is 1.98. The lowest BCUT2D eigenvalue weighted by Crippen LogP contribution is -2.19. The molecule has 0 spiro atoms. The number of aromatic nitrogens is 1. The van der Waals surface area contributed by atoms with Crippen molar-refractivity contribution in [3.8, 4) is 6.07 Å². The highest BCUT2D eigenvalue weighted by molar-refractivity contribution is 7.18. The summed E-state index contributed by atoms with van der Waals surface area (Å²) in [6.45, 7) is 2.35. The molecule has 2 fully saturated rings. The van der Waals surface area contributed by atoms with Crippen LogP contribution in [0, 0.1) is 34.9 Å². The van der Waals surface area contributed by atoms with Gasteiger partial charge in [-0.3, -0.25) is 0 Å². The van der Waals surface area contributed by atoms with E-state index in [2.05, 4.69) is 11.9 Å². The minimum atomic E-state index is -0.359. The average molecular weight is 300 g/mol. The van der Waals surface area contributed by atoms with Crippen LogP contribution < -0.4 is 0 Å². The summed E-state index contributed by atoms with van der Waals surface area (Å²) in [6, 6.07) is 5.09. The molecule has 2 aliphatic rings. The number of thiazole rings is 1. The molecular formula is C17H17FN2S. The summed E-state index contributed by atoms with van der Waals surface area (Å²) < 4.78 is 14.9. The zero-order chi connectivity index (χ0) is 14.6. The van der Waals surface area contributed by atoms with Crippen LogP contribution in [-0.4, -0.2) is 4.98 Å². The lowest BCUT2D eigenvalue weighted by Gasteiger charge is -2.29. The molecule has 108 valence electrons. The lowest BCUT2D eigenvalue weighted by molar-refractivity contribution is 0.283. The Morgan fingerprint density at radius 1 is 1.38 bits per heavy atom. The first-order valence-electron chi connectivity index (χ1n) is 7.67. The van der Waals surface area contributed by atoms with Crippen molar-refractivity contribution in [3.63, 3.8) is 0 Å². The summed E-state index contributed by atoms with van der Waals surface area (Å²) in [5, 5.41) is 10.1. The minimum absolute atomic E-state index is 0.359. The van der Waals surface area contributed by atoms with Gasteiger partial charge in [-0.1, -0.05) is 13.3 Å². The van der Waals surface area contributed by atoms with Crippen molar-refractivity contribution in [2.24, 2.45) is 17.8 Å². The molecule has 4 heteroatoms. The van der Waals surface area contributed by atoms with Gasteiger partial charge in [0, 0.05) is 5.92 Å². The van der Waals surface area contributed by atoms with Crippen LogP contribution in [-0.2, 0) is 0 Å². The van der Waals surface area contributed by atoms with Crippen LogP contribution in [0.2, 0.25) is 0 Å². The van der Waals surface area contributed by atoms with Gasteiger partial charge < -0.3 is 0 Å². The van der Waals surface area contributed by atoms with Gasteiger partial charge in [-0.2, -0.15) is 5.26 Å². The summed E-state index contributed by atoms with van der Waals surface area (Å²) in [5.74, 6) is 2.34. The molecule has 0 N–H and O–H groups in total. The Hall–Kier alpha value is -1.47. The highest BCUT2D eigenvalue weighted by Crippen LogP contribution is 2.55. The number of nitriles is 1. The topological polar surface area (TPSA) is 36.7 Å². The summed E-state index contributed by atoms with van der Waals surface area (Å²) in [6.07, 6.45) is 5.18. The largest absolute Gasteiger partial charge is 0.238 e. The second kappa shape index (κ2) is 4.78. The van der Waals surface area contributed by atoms with Crippen molar-refractivity contribution in [3.05, 3.63) is 28.5 Å². The van der Waals surface area contributed by atoms with Gasteiger partial charge in [-0.15, -0.1) is 11.3 Å². The van der Waals surface area contributed by atoms with E-state index in [0.717, 1.165) is 21.5 Å². The minimum Gasteiger partial charge on any atom is -0.238 e. The number of benzene rings is 1. The molecule has 2 aromatic rings. The maximum absolute atomic E-state index is 14.1. The zero-order valence-electron chi connectivity index (χ0n) is 12.0. The molecule has 1 aromatic heterocycles. The Morgan fingerprint density at radius 3 is 3.00 bits per heavy atom. The molecule has 21 heavy (non-hydrogen) atoms. The van der Waals surface area contributed by atoms with Crippen LogP contribution in [0.15, 0.2) is 12.1 Å². The fraction of sp³-hybridized carbons (Fsp3) is 0.529. The maximum atomic E-state index is 14.1. The molecule has 0 amide bonds. The summed E-state index contributed by atoms with van der Waals surface area (Å²) in [5.41, 5.74) is 0.835. The van der Waals surface area contributed by atoms with E-state index < -0.39 is 0 Å². The molecule has 0 radical (unpaired) electrons. The van der Waals surface area contributed by atoms with Crippen LogP contribution in [0.1, 0.15) is 49.1 Å². The van der Waals surface area contributed by atoms with E-state index in [1.807, 2.05) is 6.07 Å². The van der Waals surface area contributed by atoms with Crippen LogP contribution in [0.25, 0.3) is 10.2 Å². The first-order chi connectivity index (χ1) is 10.2. The maximum Gasteiger partial charge on any atom is 0.151 e. The van der Waals surface area contributed by atoms with Crippen LogP contribution in [0.3, 0.4) is 0 Å². The van der Waals surface area contributed by atoms with Gasteiger partial charge in [0.2, 0.25) is 0 Å². The van der Waals surface area contributed by atoms with Gasteiger partial charge in [-0.25, -0.2) is 9.37 Å². The summed E-state index contributed by atoms with van der Waals surface area (Å²) >= 11 is 1.59. The summed E-state index contributed by atoms with van der Waals surface area (Å²) in [7, 11) is 0. The van der Waals surface area contributed by atoms with Crippen LogP contribution >= 0.6 is 11.3 Å². The molecule has 2 saturated carbocycles. The first kappa shape index (κ1) is 13.2. The molecular weight excluding hydrogens is 283 g/mol. The van der Waals surface area contributed by atoms with E-state index in [1.165, 1.54) is 31.7 Å². The smallest absolute Gasteiger partial charge is 0.151 e. The van der Waals surface area contributed by atoms with Crippen molar-refractivity contribution in [1.82, 2.24) is 4.98 Å². The fourth-order valence-electron chi connectivity index (χ4n) is 4.48. The van der Waals surface area contributed by atoms with Crippen molar-refractivity contribution in [2.45, 2.75) is 38.5 Å². The predicted molar refractivity (Wildman–Crippen MR) is 81.6 cm³/mol. The Bertz CT molecular complexity index is 745. The second-order valence-corrected chi connectivity index (χ2v) is 7.62. The van der Waals surface area contributed by atoms with Gasteiger partial charge in [0.1, 0.15) is 5.52 Å². The van der Waals surface area contributed by atoms with Crippen molar-refractivity contribution >= 4 is 21.6 Å². The van der Waals surface area contributed by atoms with E-state index in [-0.39, 0.29) is 5.82 Å². The molecule has 2 aliphatic carbocycles. The Morgan fingerprint density at radius 2 is 2.24 bits per heavy atom. The fourth-order valence-corrected chi connectivity index (χ4v) is 5.77. The number of hydrogen-bond donors (Lipinski definition) is 0. The Balaban J connectivity index is 1.81. The molecule has 0 saturated heterocycles. The van der Waals surface area contributed by atoms with E-state index in [4.69, 9.17) is 5.26 Å². The first-order valence-corrected chi connectivity index (χ1v) is 8.49. The van der Waals surface area contributed by atoms with E-state index in [1.54, 1.807) is 17.4 Å². The number of fused-ring (bicyclic) bond motifs is 3.